The average Bonchev–Trinajstić information content (AvgIpc) is 3.27. The molecule has 0 saturated heterocycles. The molecule has 0 bridgehead atoms. The first-order chi connectivity index (χ1) is 13.7. The number of aryl methyl sites for hydroxylation is 1. The van der Waals surface area contributed by atoms with Crippen LogP contribution in [0.5, 0.6) is 5.75 Å². The van der Waals surface area contributed by atoms with Crippen molar-refractivity contribution in [3.8, 4) is 16.2 Å². The zero-order valence-corrected chi connectivity index (χ0v) is 18.8. The Labute approximate surface area is 177 Å². The lowest BCUT2D eigenvalue weighted by molar-refractivity contribution is 0.278. The number of benzene rings is 1. The highest BCUT2D eigenvalue weighted by Crippen LogP contribution is 2.40. The summed E-state index contributed by atoms with van der Waals surface area (Å²) >= 11 is 3.93. The van der Waals surface area contributed by atoms with Gasteiger partial charge in [0, 0.05) is 19.2 Å². The van der Waals surface area contributed by atoms with E-state index in [1.165, 1.54) is 64.8 Å². The highest BCUT2D eigenvalue weighted by molar-refractivity contribution is 7.29. The number of ether oxygens (including phenoxy) is 1. The van der Waals surface area contributed by atoms with Crippen LogP contribution in [0.15, 0.2) is 36.4 Å². The van der Waals surface area contributed by atoms with Crippen LogP contribution in [0.1, 0.15) is 63.7 Å². The maximum Gasteiger partial charge on any atom is 0.119 e. The van der Waals surface area contributed by atoms with Crippen molar-refractivity contribution in [2.45, 2.75) is 65.2 Å². The van der Waals surface area contributed by atoms with Gasteiger partial charge in [0.25, 0.3) is 0 Å². The summed E-state index contributed by atoms with van der Waals surface area (Å²) in [5.41, 5.74) is 1.30. The average molecular weight is 413 g/mol. The van der Waals surface area contributed by atoms with Crippen LogP contribution in [0.4, 0.5) is 0 Å². The third-order valence-corrected chi connectivity index (χ3v) is 8.50. The van der Waals surface area contributed by atoms with Gasteiger partial charge in [0.2, 0.25) is 0 Å². The maximum absolute atomic E-state index is 5.79. The smallest absolute Gasteiger partial charge is 0.119 e. The second kappa shape index (κ2) is 9.45. The molecule has 1 saturated carbocycles. The van der Waals surface area contributed by atoms with Gasteiger partial charge in [-0.15, -0.1) is 22.7 Å². The lowest BCUT2D eigenvalue weighted by Crippen LogP contribution is -2.12. The summed E-state index contributed by atoms with van der Waals surface area (Å²) in [5, 5.41) is 0. The number of unbranched alkanes of at least 4 members (excludes halogenated alkanes) is 1. The Morgan fingerprint density at radius 2 is 1.71 bits per heavy atom. The quantitative estimate of drug-likeness (QED) is 0.337. The Hall–Kier alpha value is -1.32. The second-order valence-electron chi connectivity index (χ2n) is 8.44. The highest BCUT2D eigenvalue weighted by Gasteiger charge is 2.18. The van der Waals surface area contributed by atoms with Gasteiger partial charge in [0.05, 0.1) is 6.61 Å². The normalized spacial score (nSPS) is 19.9. The fraction of sp³-hybridized carbons (Fsp3) is 0.520. The molecule has 0 unspecified atom stereocenters. The van der Waals surface area contributed by atoms with E-state index in [-0.39, 0.29) is 0 Å². The predicted molar refractivity (Wildman–Crippen MR) is 125 cm³/mol. The summed E-state index contributed by atoms with van der Waals surface area (Å²) in [6.07, 6.45) is 10.7. The number of fused-ring (bicyclic) bond motifs is 1. The lowest BCUT2D eigenvalue weighted by Gasteiger charge is -2.25. The Bertz CT molecular complexity index is 834. The molecular formula is C25H32OS2. The molecule has 1 nitrogen and oxygen atoms in total. The molecule has 0 N–H and O–H groups in total. The largest absolute Gasteiger partial charge is 0.494 e. The first-order valence-corrected chi connectivity index (χ1v) is 12.6. The van der Waals surface area contributed by atoms with Gasteiger partial charge in [-0.05, 0) is 73.1 Å². The molecule has 1 aliphatic carbocycles. The third-order valence-electron chi connectivity index (χ3n) is 6.10. The predicted octanol–water partition coefficient (Wildman–Crippen LogP) is 8.57. The minimum atomic E-state index is 0.813. The molecule has 1 aromatic carbocycles. The summed E-state index contributed by atoms with van der Waals surface area (Å²) in [6.45, 7) is 5.41. The molecule has 1 fully saturated rings. The summed E-state index contributed by atoms with van der Waals surface area (Å²) in [4.78, 5) is 2.94. The molecular weight excluding hydrogens is 380 g/mol. The highest BCUT2D eigenvalue weighted by atomic mass is 32.1. The van der Waals surface area contributed by atoms with Gasteiger partial charge < -0.3 is 4.74 Å². The van der Waals surface area contributed by atoms with Crippen molar-refractivity contribution >= 4 is 32.1 Å². The van der Waals surface area contributed by atoms with Crippen molar-refractivity contribution in [2.75, 3.05) is 6.61 Å². The molecule has 0 radical (unpaired) electrons. The minimum absolute atomic E-state index is 0.813. The molecule has 1 aliphatic rings. The van der Waals surface area contributed by atoms with Crippen LogP contribution >= 0.6 is 22.7 Å². The van der Waals surface area contributed by atoms with Crippen LogP contribution < -0.4 is 4.74 Å². The molecule has 2 aromatic heterocycles. The van der Waals surface area contributed by atoms with Crippen molar-refractivity contribution in [2.24, 2.45) is 11.8 Å². The van der Waals surface area contributed by atoms with Crippen molar-refractivity contribution in [3.63, 3.8) is 0 Å². The number of thiophene rings is 2. The third kappa shape index (κ3) is 4.99. The SMILES string of the molecule is CCCCOc1ccc(-c2cc3sc(CC[C@H]4CC[C@H](C)CC4)cc3s2)cc1. The zero-order valence-electron chi connectivity index (χ0n) is 17.2. The fourth-order valence-corrected chi connectivity index (χ4v) is 6.61. The molecule has 0 spiro atoms. The van der Waals surface area contributed by atoms with Gasteiger partial charge >= 0.3 is 0 Å². The van der Waals surface area contributed by atoms with Gasteiger partial charge in [0.15, 0.2) is 0 Å². The standard InChI is InChI=1S/C25H32OS2/c1-3-4-15-26-21-12-10-20(11-13-21)23-17-25-24(28-23)16-22(27-25)14-9-19-7-5-18(2)6-8-19/h10-13,16-19H,3-9,14-15H2,1-2H3/t18-,19-. The van der Waals surface area contributed by atoms with Gasteiger partial charge in [-0.3, -0.25) is 0 Å². The fourth-order valence-electron chi connectivity index (χ4n) is 4.17. The summed E-state index contributed by atoms with van der Waals surface area (Å²) in [6, 6.07) is 13.4. The van der Waals surface area contributed by atoms with E-state index in [9.17, 15) is 0 Å². The minimum Gasteiger partial charge on any atom is -0.494 e. The van der Waals surface area contributed by atoms with E-state index >= 15 is 0 Å². The van der Waals surface area contributed by atoms with E-state index in [0.29, 0.717) is 0 Å². The first-order valence-electron chi connectivity index (χ1n) is 11.0. The zero-order chi connectivity index (χ0) is 19.3. The van der Waals surface area contributed by atoms with E-state index in [1.54, 1.807) is 4.88 Å². The summed E-state index contributed by atoms with van der Waals surface area (Å²) < 4.78 is 8.69. The van der Waals surface area contributed by atoms with Crippen LogP contribution in [0.3, 0.4) is 0 Å². The molecule has 0 atom stereocenters. The number of hydrogen-bond donors (Lipinski definition) is 0. The summed E-state index contributed by atoms with van der Waals surface area (Å²) in [5.74, 6) is 2.90. The molecule has 28 heavy (non-hydrogen) atoms. The van der Waals surface area contributed by atoms with E-state index in [4.69, 9.17) is 4.74 Å². The van der Waals surface area contributed by atoms with Crippen LogP contribution in [-0.2, 0) is 6.42 Å². The number of rotatable bonds is 8. The van der Waals surface area contributed by atoms with Gasteiger partial charge in [-0.2, -0.15) is 0 Å². The van der Waals surface area contributed by atoms with Crippen LogP contribution in [0, 0.1) is 11.8 Å². The Kier molecular flexibility index (Phi) is 6.74. The maximum atomic E-state index is 5.79. The van der Waals surface area contributed by atoms with Crippen LogP contribution in [-0.4, -0.2) is 6.61 Å². The van der Waals surface area contributed by atoms with E-state index < -0.39 is 0 Å². The molecule has 150 valence electrons. The monoisotopic (exact) mass is 412 g/mol. The molecule has 0 aliphatic heterocycles. The molecule has 2 heterocycles. The van der Waals surface area contributed by atoms with Crippen molar-refractivity contribution < 1.29 is 4.74 Å². The van der Waals surface area contributed by atoms with Gasteiger partial charge in [0.1, 0.15) is 5.75 Å². The van der Waals surface area contributed by atoms with Gasteiger partial charge in [-0.25, -0.2) is 0 Å². The lowest BCUT2D eigenvalue weighted by atomic mass is 9.81. The van der Waals surface area contributed by atoms with Crippen molar-refractivity contribution in [1.29, 1.82) is 0 Å². The summed E-state index contributed by atoms with van der Waals surface area (Å²) in [7, 11) is 0. The molecule has 4 rings (SSSR count). The molecule has 3 heteroatoms. The van der Waals surface area contributed by atoms with Gasteiger partial charge in [-0.1, -0.05) is 46.0 Å². The molecule has 0 amide bonds. The Morgan fingerprint density at radius 3 is 2.43 bits per heavy atom. The Morgan fingerprint density at radius 1 is 0.964 bits per heavy atom. The first kappa shape index (κ1) is 20.0. The second-order valence-corrected chi connectivity index (χ2v) is 10.7. The molecule has 3 aromatic rings. The van der Waals surface area contributed by atoms with E-state index in [1.807, 2.05) is 22.7 Å². The Balaban J connectivity index is 1.36. The van der Waals surface area contributed by atoms with Crippen LogP contribution in [0.25, 0.3) is 19.8 Å². The number of hydrogen-bond acceptors (Lipinski definition) is 3. The van der Waals surface area contributed by atoms with E-state index in [2.05, 4.69) is 50.2 Å². The van der Waals surface area contributed by atoms with Crippen molar-refractivity contribution in [3.05, 3.63) is 41.3 Å². The van der Waals surface area contributed by atoms with Crippen LogP contribution in [0.2, 0.25) is 0 Å². The topological polar surface area (TPSA) is 9.23 Å². The van der Waals surface area contributed by atoms with Crippen molar-refractivity contribution in [1.82, 2.24) is 0 Å². The van der Waals surface area contributed by atoms with E-state index in [0.717, 1.165) is 30.6 Å².